The van der Waals surface area contributed by atoms with Gasteiger partial charge in [0.1, 0.15) is 6.04 Å². The van der Waals surface area contributed by atoms with Crippen molar-refractivity contribution >= 4 is 16.9 Å². The van der Waals surface area contributed by atoms with Crippen molar-refractivity contribution in [2.45, 2.75) is 96.4 Å². The zero-order valence-corrected chi connectivity index (χ0v) is 21.2. The first-order chi connectivity index (χ1) is 17.2. The lowest BCUT2D eigenvalue weighted by Gasteiger charge is -2.11. The van der Waals surface area contributed by atoms with Crippen LogP contribution in [0.5, 0.6) is 0 Å². The van der Waals surface area contributed by atoms with Gasteiger partial charge in [-0.2, -0.15) is 0 Å². The van der Waals surface area contributed by atoms with Gasteiger partial charge >= 0.3 is 5.97 Å². The molecule has 0 radical (unpaired) electrons. The standard InChI is InChI=1S/C30H46N2O2/c1-3-4-5-6-7-8-9-10-11-12-13-14-15-16-17-20-23-34-30(33)28(31)24-26-25-32(2)29-22-19-18-21-27(26)29/h7-8,10-11,18-19,21-22,25,28H,3-6,9,12-17,20,23-24,31H2,1-2H3/b8-7-,11-10-/t28-/m0/s1/i2D. The number of allylic oxidation sites excluding steroid dienone is 4. The molecule has 2 N–H and O–H groups in total. The SMILES string of the molecule is [2H]Cn1cc(C[C@H](N)C(=O)OCCCCCCCC/C=C\C/C=C\CCCCC)c2ccccc21. The highest BCUT2D eigenvalue weighted by molar-refractivity contribution is 5.85. The number of ether oxygens (including phenoxy) is 1. The summed E-state index contributed by atoms with van der Waals surface area (Å²) in [5.41, 5.74) is 8.11. The van der Waals surface area contributed by atoms with E-state index in [1.54, 1.807) is 0 Å². The van der Waals surface area contributed by atoms with Gasteiger partial charge in [0.25, 0.3) is 0 Å². The second-order valence-electron chi connectivity index (χ2n) is 9.20. The highest BCUT2D eigenvalue weighted by Gasteiger charge is 2.18. The lowest BCUT2D eigenvalue weighted by molar-refractivity contribution is -0.145. The van der Waals surface area contributed by atoms with Crippen molar-refractivity contribution in [1.29, 1.82) is 0 Å². The molecule has 0 aliphatic heterocycles. The smallest absolute Gasteiger partial charge is 0.323 e. The number of unbranched alkanes of at least 4 members (excludes halogenated alkanes) is 9. The van der Waals surface area contributed by atoms with Crippen molar-refractivity contribution in [3.63, 3.8) is 0 Å². The van der Waals surface area contributed by atoms with Crippen LogP contribution in [0.25, 0.3) is 10.9 Å². The molecule has 4 nitrogen and oxygen atoms in total. The van der Waals surface area contributed by atoms with E-state index in [0.717, 1.165) is 35.7 Å². The molecule has 1 aromatic carbocycles. The summed E-state index contributed by atoms with van der Waals surface area (Å²) in [7, 11) is 0.147. The van der Waals surface area contributed by atoms with E-state index in [9.17, 15) is 4.79 Å². The molecule has 0 saturated heterocycles. The Kier molecular flexibility index (Phi) is 13.3. The van der Waals surface area contributed by atoms with Crippen molar-refractivity contribution in [3.8, 4) is 0 Å². The molecule has 0 bridgehead atoms. The lowest BCUT2D eigenvalue weighted by Crippen LogP contribution is -2.34. The second kappa shape index (κ2) is 17.2. The Labute approximate surface area is 208 Å². The second-order valence-corrected chi connectivity index (χ2v) is 9.20. The van der Waals surface area contributed by atoms with E-state index < -0.39 is 6.04 Å². The van der Waals surface area contributed by atoms with Gasteiger partial charge in [-0.3, -0.25) is 4.79 Å². The molecule has 0 saturated carbocycles. The van der Waals surface area contributed by atoms with Gasteiger partial charge < -0.3 is 15.0 Å². The maximum Gasteiger partial charge on any atom is 0.323 e. The summed E-state index contributed by atoms with van der Waals surface area (Å²) in [4.78, 5) is 12.3. The van der Waals surface area contributed by atoms with Crippen LogP contribution < -0.4 is 5.73 Å². The first kappa shape index (κ1) is 26.3. The average Bonchev–Trinajstić information content (AvgIpc) is 3.23. The van der Waals surface area contributed by atoms with E-state index in [0.29, 0.717) is 13.0 Å². The number of aryl methyl sites for hydroxylation is 1. The quantitative estimate of drug-likeness (QED) is 0.141. The third kappa shape index (κ3) is 10.7. The fourth-order valence-corrected chi connectivity index (χ4v) is 4.18. The lowest BCUT2D eigenvalue weighted by atomic mass is 10.1. The van der Waals surface area contributed by atoms with Crippen molar-refractivity contribution in [3.05, 3.63) is 60.3 Å². The largest absolute Gasteiger partial charge is 0.465 e. The van der Waals surface area contributed by atoms with Gasteiger partial charge in [0.2, 0.25) is 0 Å². The molecule has 0 amide bonds. The van der Waals surface area contributed by atoms with Gasteiger partial charge in [-0.05, 0) is 50.2 Å². The number of carbonyl (C=O) groups excluding carboxylic acids is 1. The predicted molar refractivity (Wildman–Crippen MR) is 145 cm³/mol. The van der Waals surface area contributed by atoms with Gasteiger partial charge in [0, 0.05) is 31.9 Å². The van der Waals surface area contributed by atoms with E-state index in [4.69, 9.17) is 11.8 Å². The molecule has 0 aliphatic rings. The summed E-state index contributed by atoms with van der Waals surface area (Å²) in [6.45, 7) is 2.68. The number of para-hydroxylation sites is 1. The molecule has 34 heavy (non-hydrogen) atoms. The molecule has 0 spiro atoms. The number of fused-ring (bicyclic) bond motifs is 1. The highest BCUT2D eigenvalue weighted by Crippen LogP contribution is 2.21. The van der Waals surface area contributed by atoms with E-state index in [1.165, 1.54) is 57.8 Å². The molecule has 1 heterocycles. The monoisotopic (exact) mass is 467 g/mol. The van der Waals surface area contributed by atoms with Crippen LogP contribution in [0.2, 0.25) is 0 Å². The van der Waals surface area contributed by atoms with Gasteiger partial charge in [-0.1, -0.05) is 88.0 Å². The van der Waals surface area contributed by atoms with Crippen LogP contribution in [-0.2, 0) is 23.0 Å². The molecule has 2 rings (SSSR count). The number of aromatic nitrogens is 1. The number of rotatable bonds is 18. The van der Waals surface area contributed by atoms with E-state index >= 15 is 0 Å². The van der Waals surface area contributed by atoms with Crippen LogP contribution in [0.3, 0.4) is 0 Å². The van der Waals surface area contributed by atoms with Crippen LogP contribution >= 0.6 is 0 Å². The normalized spacial score (nSPS) is 13.2. The number of hydrogen-bond acceptors (Lipinski definition) is 3. The number of carbonyl (C=O) groups is 1. The molecular formula is C30H46N2O2. The summed E-state index contributed by atoms with van der Waals surface area (Å²) in [5.74, 6) is -0.338. The van der Waals surface area contributed by atoms with Crippen LogP contribution in [0.1, 0.15) is 90.9 Å². The third-order valence-corrected chi connectivity index (χ3v) is 6.20. The van der Waals surface area contributed by atoms with Crippen molar-refractivity contribution in [2.24, 2.45) is 12.8 Å². The predicted octanol–water partition coefficient (Wildman–Crippen LogP) is 7.40. The molecule has 4 heteroatoms. The molecule has 0 fully saturated rings. The minimum atomic E-state index is -0.676. The Balaban J connectivity index is 1.48. The zero-order valence-electron chi connectivity index (χ0n) is 22.2. The number of esters is 1. The average molecular weight is 468 g/mol. The van der Waals surface area contributed by atoms with Crippen molar-refractivity contribution in [1.82, 2.24) is 4.57 Å². The zero-order chi connectivity index (χ0) is 25.1. The molecule has 1 aromatic heterocycles. The van der Waals surface area contributed by atoms with Crippen LogP contribution in [0.15, 0.2) is 54.8 Å². The molecule has 2 aromatic rings. The van der Waals surface area contributed by atoms with Crippen molar-refractivity contribution in [2.75, 3.05) is 6.61 Å². The number of benzene rings is 1. The molecular weight excluding hydrogens is 420 g/mol. The Morgan fingerprint density at radius 3 is 2.41 bits per heavy atom. The molecule has 1 atom stereocenters. The number of hydrogen-bond donors (Lipinski definition) is 1. The summed E-state index contributed by atoms with van der Waals surface area (Å²) >= 11 is 0. The van der Waals surface area contributed by atoms with Crippen molar-refractivity contribution < 1.29 is 10.9 Å². The Hall–Kier alpha value is -2.33. The molecule has 0 unspecified atom stereocenters. The molecule has 0 aliphatic carbocycles. The maximum atomic E-state index is 12.3. The summed E-state index contributed by atoms with van der Waals surface area (Å²) < 4.78 is 15.0. The van der Waals surface area contributed by atoms with Gasteiger partial charge in [0.05, 0.1) is 6.61 Å². The fourth-order valence-electron chi connectivity index (χ4n) is 4.18. The Morgan fingerprint density at radius 1 is 1.00 bits per heavy atom. The van der Waals surface area contributed by atoms with Crippen LogP contribution in [-0.4, -0.2) is 23.2 Å². The first-order valence-corrected chi connectivity index (χ1v) is 13.3. The van der Waals surface area contributed by atoms with Crippen LogP contribution in [0.4, 0.5) is 0 Å². The minimum absolute atomic E-state index is 0.147. The Morgan fingerprint density at radius 2 is 1.68 bits per heavy atom. The summed E-state index contributed by atoms with van der Waals surface area (Å²) in [5, 5.41) is 1.05. The summed E-state index contributed by atoms with van der Waals surface area (Å²) in [6.07, 6.45) is 25.8. The van der Waals surface area contributed by atoms with Gasteiger partial charge in [0.15, 0.2) is 0 Å². The maximum absolute atomic E-state index is 12.3. The van der Waals surface area contributed by atoms with E-state index in [-0.39, 0.29) is 13.0 Å². The van der Waals surface area contributed by atoms with E-state index in [2.05, 4.69) is 31.2 Å². The topological polar surface area (TPSA) is 57.2 Å². The Bertz CT molecular complexity index is 903. The minimum Gasteiger partial charge on any atom is -0.465 e. The first-order valence-electron chi connectivity index (χ1n) is 14.0. The van der Waals surface area contributed by atoms with Gasteiger partial charge in [-0.15, -0.1) is 0 Å². The summed E-state index contributed by atoms with van der Waals surface area (Å²) in [6, 6.07) is 7.25. The number of nitrogens with two attached hydrogens (primary N) is 1. The van der Waals surface area contributed by atoms with Crippen LogP contribution in [0, 0.1) is 0 Å². The molecule has 188 valence electrons. The highest BCUT2D eigenvalue weighted by atomic mass is 16.5. The number of nitrogens with zero attached hydrogens (tertiary/aromatic N) is 1. The van der Waals surface area contributed by atoms with Gasteiger partial charge in [-0.25, -0.2) is 0 Å². The van der Waals surface area contributed by atoms with E-state index in [1.807, 2.05) is 35.0 Å². The fraction of sp³-hybridized carbons (Fsp3) is 0.567. The third-order valence-electron chi connectivity index (χ3n) is 6.20.